The first-order chi connectivity index (χ1) is 10.8. The lowest BCUT2D eigenvalue weighted by atomic mass is 10.1. The maximum absolute atomic E-state index is 12.2. The molecule has 1 amide bonds. The highest BCUT2D eigenvalue weighted by Crippen LogP contribution is 2.16. The van der Waals surface area contributed by atoms with Gasteiger partial charge in [0.1, 0.15) is 0 Å². The number of aromatic nitrogens is 2. The lowest BCUT2D eigenvalue weighted by Crippen LogP contribution is -2.23. The Labute approximate surface area is 128 Å². The summed E-state index contributed by atoms with van der Waals surface area (Å²) in [6.45, 7) is 0.489. The molecule has 22 heavy (non-hydrogen) atoms. The molecule has 1 aromatic heterocycles. The second-order valence-electron chi connectivity index (χ2n) is 4.86. The molecular weight excluding hydrogens is 274 g/mol. The molecular formula is C18H15N3O. The van der Waals surface area contributed by atoms with E-state index in [9.17, 15) is 4.79 Å². The first-order valence-electron chi connectivity index (χ1n) is 7.03. The average molecular weight is 289 g/mol. The Hall–Kier alpha value is -3.01. The van der Waals surface area contributed by atoms with Gasteiger partial charge in [-0.05, 0) is 11.6 Å². The van der Waals surface area contributed by atoms with Crippen LogP contribution in [0.15, 0.2) is 72.9 Å². The summed E-state index contributed by atoms with van der Waals surface area (Å²) in [6, 6.07) is 21.2. The van der Waals surface area contributed by atoms with Crippen LogP contribution in [0.4, 0.5) is 0 Å². The number of nitrogens with zero attached hydrogens (tertiary/aromatic N) is 2. The van der Waals surface area contributed by atoms with Crippen LogP contribution in [0.25, 0.3) is 11.3 Å². The number of benzene rings is 2. The molecule has 0 saturated heterocycles. The molecule has 1 heterocycles. The number of hydrogen-bond donors (Lipinski definition) is 1. The van der Waals surface area contributed by atoms with E-state index in [0.717, 1.165) is 11.1 Å². The second kappa shape index (κ2) is 6.63. The van der Waals surface area contributed by atoms with Gasteiger partial charge in [0.05, 0.1) is 17.5 Å². The number of carbonyl (C=O) groups excluding carboxylic acids is 1. The maximum Gasteiger partial charge on any atom is 0.253 e. The average Bonchev–Trinajstić information content (AvgIpc) is 2.61. The highest BCUT2D eigenvalue weighted by atomic mass is 16.1. The zero-order valence-corrected chi connectivity index (χ0v) is 11.9. The summed E-state index contributed by atoms with van der Waals surface area (Å²) in [7, 11) is 0. The van der Waals surface area contributed by atoms with Crippen LogP contribution in [0.3, 0.4) is 0 Å². The summed E-state index contributed by atoms with van der Waals surface area (Å²) in [5.74, 6) is -0.157. The van der Waals surface area contributed by atoms with Gasteiger partial charge in [-0.1, -0.05) is 60.7 Å². The van der Waals surface area contributed by atoms with E-state index in [1.165, 1.54) is 6.20 Å². The summed E-state index contributed by atoms with van der Waals surface area (Å²) in [4.78, 5) is 12.2. The Balaban J connectivity index is 1.73. The van der Waals surface area contributed by atoms with Crippen molar-refractivity contribution in [3.05, 3.63) is 84.1 Å². The molecule has 0 aliphatic carbocycles. The van der Waals surface area contributed by atoms with Crippen LogP contribution < -0.4 is 5.32 Å². The van der Waals surface area contributed by atoms with Crippen molar-refractivity contribution in [2.75, 3.05) is 0 Å². The fourth-order valence-corrected chi connectivity index (χ4v) is 2.12. The highest BCUT2D eigenvalue weighted by Gasteiger charge is 2.08. The van der Waals surface area contributed by atoms with Crippen molar-refractivity contribution in [1.29, 1.82) is 0 Å². The van der Waals surface area contributed by atoms with Gasteiger partial charge >= 0.3 is 0 Å². The van der Waals surface area contributed by atoms with Crippen molar-refractivity contribution in [3.8, 4) is 11.3 Å². The third kappa shape index (κ3) is 3.35. The van der Waals surface area contributed by atoms with Crippen molar-refractivity contribution in [1.82, 2.24) is 15.5 Å². The molecule has 4 nitrogen and oxygen atoms in total. The van der Waals surface area contributed by atoms with E-state index in [4.69, 9.17) is 0 Å². The largest absolute Gasteiger partial charge is 0.348 e. The summed E-state index contributed by atoms with van der Waals surface area (Å²) < 4.78 is 0. The molecule has 1 N–H and O–H groups in total. The molecule has 0 radical (unpaired) electrons. The third-order valence-electron chi connectivity index (χ3n) is 3.28. The molecule has 0 saturated carbocycles. The fourth-order valence-electron chi connectivity index (χ4n) is 2.12. The molecule has 4 heteroatoms. The summed E-state index contributed by atoms with van der Waals surface area (Å²) >= 11 is 0. The Morgan fingerprint density at radius 2 is 1.64 bits per heavy atom. The van der Waals surface area contributed by atoms with E-state index in [-0.39, 0.29) is 5.91 Å². The lowest BCUT2D eigenvalue weighted by molar-refractivity contribution is 0.0950. The first kappa shape index (κ1) is 13.9. The van der Waals surface area contributed by atoms with E-state index in [0.29, 0.717) is 17.8 Å². The van der Waals surface area contributed by atoms with Gasteiger partial charge in [0, 0.05) is 12.1 Å². The maximum atomic E-state index is 12.2. The summed E-state index contributed by atoms with van der Waals surface area (Å²) in [6.07, 6.45) is 1.48. The Bertz CT molecular complexity index is 758. The minimum absolute atomic E-state index is 0.157. The number of amides is 1. The standard InChI is InChI=1S/C18H15N3O/c22-18(19-12-14-7-3-1-4-8-14)16-11-17(21-20-13-16)15-9-5-2-6-10-15/h1-11,13H,12H2,(H,19,22). The SMILES string of the molecule is O=C(NCc1ccccc1)c1cnnc(-c2ccccc2)c1. The molecule has 0 fully saturated rings. The zero-order valence-electron chi connectivity index (χ0n) is 11.9. The zero-order chi connectivity index (χ0) is 15.2. The molecule has 0 atom stereocenters. The summed E-state index contributed by atoms with van der Waals surface area (Å²) in [5.41, 5.74) is 3.19. The van der Waals surface area contributed by atoms with Gasteiger partial charge < -0.3 is 5.32 Å². The number of carbonyl (C=O) groups is 1. The van der Waals surface area contributed by atoms with Gasteiger partial charge in [0.15, 0.2) is 0 Å². The van der Waals surface area contributed by atoms with Gasteiger partial charge in [-0.3, -0.25) is 4.79 Å². The van der Waals surface area contributed by atoms with Crippen molar-refractivity contribution in [2.24, 2.45) is 0 Å². The molecule has 0 spiro atoms. The Morgan fingerprint density at radius 1 is 0.955 bits per heavy atom. The second-order valence-corrected chi connectivity index (χ2v) is 4.86. The minimum Gasteiger partial charge on any atom is -0.348 e. The van der Waals surface area contributed by atoms with E-state index < -0.39 is 0 Å². The number of nitrogens with one attached hydrogen (secondary N) is 1. The van der Waals surface area contributed by atoms with E-state index in [1.807, 2.05) is 60.7 Å². The van der Waals surface area contributed by atoms with Crippen LogP contribution in [0.1, 0.15) is 15.9 Å². The molecule has 0 bridgehead atoms. The van der Waals surface area contributed by atoms with Crippen LogP contribution in [0.2, 0.25) is 0 Å². The van der Waals surface area contributed by atoms with Crippen LogP contribution in [0, 0.1) is 0 Å². The van der Waals surface area contributed by atoms with Gasteiger partial charge in [-0.2, -0.15) is 10.2 Å². The number of hydrogen-bond acceptors (Lipinski definition) is 3. The molecule has 108 valence electrons. The monoisotopic (exact) mass is 289 g/mol. The molecule has 0 aliphatic heterocycles. The van der Waals surface area contributed by atoms with Gasteiger partial charge in [0.2, 0.25) is 0 Å². The molecule has 2 aromatic carbocycles. The number of rotatable bonds is 4. The van der Waals surface area contributed by atoms with E-state index >= 15 is 0 Å². The normalized spacial score (nSPS) is 10.2. The molecule has 3 rings (SSSR count). The smallest absolute Gasteiger partial charge is 0.253 e. The van der Waals surface area contributed by atoms with Gasteiger partial charge in [-0.15, -0.1) is 0 Å². The van der Waals surface area contributed by atoms with E-state index in [2.05, 4.69) is 15.5 Å². The van der Waals surface area contributed by atoms with Gasteiger partial charge in [0.25, 0.3) is 5.91 Å². The van der Waals surface area contributed by atoms with Crippen LogP contribution in [0.5, 0.6) is 0 Å². The predicted octanol–water partition coefficient (Wildman–Crippen LogP) is 3.07. The van der Waals surface area contributed by atoms with Crippen LogP contribution in [-0.4, -0.2) is 16.1 Å². The Morgan fingerprint density at radius 3 is 2.36 bits per heavy atom. The first-order valence-corrected chi connectivity index (χ1v) is 7.03. The highest BCUT2D eigenvalue weighted by molar-refractivity contribution is 5.94. The minimum atomic E-state index is -0.157. The van der Waals surface area contributed by atoms with Crippen molar-refractivity contribution >= 4 is 5.91 Å². The van der Waals surface area contributed by atoms with Crippen LogP contribution in [-0.2, 0) is 6.54 Å². The van der Waals surface area contributed by atoms with E-state index in [1.54, 1.807) is 6.07 Å². The predicted molar refractivity (Wildman–Crippen MR) is 85.1 cm³/mol. The quantitative estimate of drug-likeness (QED) is 0.803. The van der Waals surface area contributed by atoms with Crippen molar-refractivity contribution < 1.29 is 4.79 Å². The lowest BCUT2D eigenvalue weighted by Gasteiger charge is -2.06. The molecule has 3 aromatic rings. The molecule has 0 aliphatic rings. The summed E-state index contributed by atoms with van der Waals surface area (Å²) in [5, 5.41) is 10.9. The Kier molecular flexibility index (Phi) is 4.20. The third-order valence-corrected chi connectivity index (χ3v) is 3.28. The molecule has 0 unspecified atom stereocenters. The van der Waals surface area contributed by atoms with Crippen LogP contribution >= 0.6 is 0 Å². The topological polar surface area (TPSA) is 54.9 Å². The van der Waals surface area contributed by atoms with Gasteiger partial charge in [-0.25, -0.2) is 0 Å². The fraction of sp³-hybridized carbons (Fsp3) is 0.0556. The van der Waals surface area contributed by atoms with Crippen molar-refractivity contribution in [3.63, 3.8) is 0 Å². The van der Waals surface area contributed by atoms with Crippen molar-refractivity contribution in [2.45, 2.75) is 6.54 Å².